The number of benzene rings is 1. The monoisotopic (exact) mass is 438 g/mol. The van der Waals surface area contributed by atoms with Crippen LogP contribution in [0.2, 0.25) is 0 Å². The molecule has 0 fully saturated rings. The second-order valence-electron chi connectivity index (χ2n) is 8.13. The van der Waals surface area contributed by atoms with Crippen molar-refractivity contribution in [2.45, 2.75) is 34.2 Å². The molecule has 1 aromatic carbocycles. The lowest BCUT2D eigenvalue weighted by atomic mass is 10.0. The Balaban J connectivity index is 1.92. The highest BCUT2D eigenvalue weighted by Crippen LogP contribution is 2.23. The Morgan fingerprint density at radius 2 is 1.78 bits per heavy atom. The summed E-state index contributed by atoms with van der Waals surface area (Å²) in [6.07, 6.45) is 0. The van der Waals surface area contributed by atoms with E-state index in [4.69, 9.17) is 10.5 Å². The molecule has 0 radical (unpaired) electrons. The maximum atomic E-state index is 12.8. The fourth-order valence-electron chi connectivity index (χ4n) is 3.69. The Morgan fingerprint density at radius 3 is 2.44 bits per heavy atom. The standard InChI is InChI=1S/C23H26N4O5/c1-12(2)10-27-20(24)19(21(29)26(5)23(27)31)17(28)11-32-22(30)18-13(3)15-8-6-7-9-16(15)25-14(18)4/h6-9,12H,10-11,24H2,1-5H3. The van der Waals surface area contributed by atoms with Gasteiger partial charge >= 0.3 is 11.7 Å². The highest BCUT2D eigenvalue weighted by atomic mass is 16.5. The van der Waals surface area contributed by atoms with Gasteiger partial charge in [0.15, 0.2) is 6.61 Å². The molecule has 0 aliphatic rings. The van der Waals surface area contributed by atoms with E-state index in [-0.39, 0.29) is 29.4 Å². The van der Waals surface area contributed by atoms with Gasteiger partial charge in [-0.1, -0.05) is 32.0 Å². The van der Waals surface area contributed by atoms with Crippen LogP contribution in [0.25, 0.3) is 10.9 Å². The molecule has 9 nitrogen and oxygen atoms in total. The molecule has 2 heterocycles. The van der Waals surface area contributed by atoms with E-state index in [0.717, 1.165) is 15.5 Å². The van der Waals surface area contributed by atoms with E-state index in [9.17, 15) is 19.2 Å². The second kappa shape index (κ2) is 8.78. The minimum absolute atomic E-state index is 0.0552. The molecule has 3 aromatic rings. The molecular weight excluding hydrogens is 412 g/mol. The Morgan fingerprint density at radius 1 is 1.12 bits per heavy atom. The molecule has 2 N–H and O–H groups in total. The summed E-state index contributed by atoms with van der Waals surface area (Å²) in [5.41, 5.74) is 6.38. The largest absolute Gasteiger partial charge is 0.454 e. The highest BCUT2D eigenvalue weighted by Gasteiger charge is 2.24. The van der Waals surface area contributed by atoms with Crippen molar-refractivity contribution in [3.05, 3.63) is 67.5 Å². The summed E-state index contributed by atoms with van der Waals surface area (Å²) >= 11 is 0. The van der Waals surface area contributed by atoms with Gasteiger partial charge in [0.05, 0.1) is 16.8 Å². The number of nitrogens with zero attached hydrogens (tertiary/aromatic N) is 3. The van der Waals surface area contributed by atoms with Crippen LogP contribution >= 0.6 is 0 Å². The molecule has 0 saturated carbocycles. The lowest BCUT2D eigenvalue weighted by Gasteiger charge is -2.16. The first-order valence-corrected chi connectivity index (χ1v) is 10.2. The summed E-state index contributed by atoms with van der Waals surface area (Å²) in [6.45, 7) is 6.77. The van der Waals surface area contributed by atoms with Gasteiger partial charge in [-0.05, 0) is 31.4 Å². The Kier molecular flexibility index (Phi) is 6.29. The summed E-state index contributed by atoms with van der Waals surface area (Å²) in [7, 11) is 1.27. The summed E-state index contributed by atoms with van der Waals surface area (Å²) in [5.74, 6) is -1.68. The molecule has 0 bridgehead atoms. The van der Waals surface area contributed by atoms with Gasteiger partial charge in [-0.3, -0.25) is 23.7 Å². The summed E-state index contributed by atoms with van der Waals surface area (Å²) in [5, 5.41) is 0.801. The van der Waals surface area contributed by atoms with Crippen LogP contribution in [0.15, 0.2) is 33.9 Å². The number of nitrogen functional groups attached to an aromatic ring is 1. The fourth-order valence-corrected chi connectivity index (χ4v) is 3.69. The van der Waals surface area contributed by atoms with Crippen molar-refractivity contribution in [2.24, 2.45) is 13.0 Å². The molecule has 0 atom stereocenters. The number of anilines is 1. The first-order valence-electron chi connectivity index (χ1n) is 10.2. The first-order chi connectivity index (χ1) is 15.0. The Labute approximate surface area is 184 Å². The topological polar surface area (TPSA) is 126 Å². The molecule has 168 valence electrons. The molecule has 0 aliphatic carbocycles. The number of hydrogen-bond donors (Lipinski definition) is 1. The molecule has 0 amide bonds. The normalized spacial score (nSPS) is 11.2. The number of esters is 1. The van der Waals surface area contributed by atoms with Crippen molar-refractivity contribution < 1.29 is 14.3 Å². The third-order valence-corrected chi connectivity index (χ3v) is 5.28. The van der Waals surface area contributed by atoms with Crippen LogP contribution in [0.1, 0.15) is 45.8 Å². The van der Waals surface area contributed by atoms with Crippen LogP contribution < -0.4 is 17.0 Å². The van der Waals surface area contributed by atoms with Gasteiger partial charge in [0.2, 0.25) is 5.78 Å². The highest BCUT2D eigenvalue weighted by molar-refractivity contribution is 6.03. The molecule has 3 rings (SSSR count). The lowest BCUT2D eigenvalue weighted by molar-refractivity contribution is 0.0472. The van der Waals surface area contributed by atoms with Crippen LogP contribution in [0.3, 0.4) is 0 Å². The number of carbonyl (C=O) groups excluding carboxylic acids is 2. The number of nitrogens with two attached hydrogens (primary N) is 1. The van der Waals surface area contributed by atoms with Crippen molar-refractivity contribution >= 4 is 28.5 Å². The molecule has 9 heteroatoms. The van der Waals surface area contributed by atoms with Crippen LogP contribution in [0.4, 0.5) is 5.82 Å². The molecule has 0 spiro atoms. The lowest BCUT2D eigenvalue weighted by Crippen LogP contribution is -2.43. The molecular formula is C23H26N4O5. The number of ketones is 1. The number of fused-ring (bicyclic) bond motifs is 1. The van der Waals surface area contributed by atoms with Crippen LogP contribution in [0, 0.1) is 19.8 Å². The van der Waals surface area contributed by atoms with E-state index in [0.29, 0.717) is 11.3 Å². The van der Waals surface area contributed by atoms with Crippen molar-refractivity contribution in [2.75, 3.05) is 12.3 Å². The molecule has 32 heavy (non-hydrogen) atoms. The maximum absolute atomic E-state index is 12.8. The average molecular weight is 438 g/mol. The van der Waals surface area contributed by atoms with Gasteiger partial charge in [-0.2, -0.15) is 0 Å². The third-order valence-electron chi connectivity index (χ3n) is 5.28. The Bertz CT molecular complexity index is 1350. The maximum Gasteiger partial charge on any atom is 0.340 e. The number of carbonyl (C=O) groups is 2. The van der Waals surface area contributed by atoms with Crippen LogP contribution in [-0.2, 0) is 18.3 Å². The summed E-state index contributed by atoms with van der Waals surface area (Å²) < 4.78 is 7.25. The zero-order valence-electron chi connectivity index (χ0n) is 18.8. The van der Waals surface area contributed by atoms with E-state index in [1.165, 1.54) is 11.6 Å². The van der Waals surface area contributed by atoms with Gasteiger partial charge in [0.1, 0.15) is 11.4 Å². The second-order valence-corrected chi connectivity index (χ2v) is 8.13. The number of pyridine rings is 1. The molecule has 0 unspecified atom stereocenters. The summed E-state index contributed by atoms with van der Waals surface area (Å²) in [4.78, 5) is 55.0. The average Bonchev–Trinajstić information content (AvgIpc) is 2.73. The minimum Gasteiger partial charge on any atom is -0.454 e. The number of para-hydroxylation sites is 1. The smallest absolute Gasteiger partial charge is 0.340 e. The van der Waals surface area contributed by atoms with Gasteiger partial charge in [0.25, 0.3) is 5.56 Å². The van der Waals surface area contributed by atoms with E-state index in [2.05, 4.69) is 4.98 Å². The number of ether oxygens (including phenoxy) is 1. The third kappa shape index (κ3) is 4.05. The van der Waals surface area contributed by atoms with Gasteiger partial charge in [-0.25, -0.2) is 9.59 Å². The number of Topliss-reactive ketones (excluding diaryl/α,β-unsaturated/α-hetero) is 1. The molecule has 2 aromatic heterocycles. The zero-order valence-corrected chi connectivity index (χ0v) is 18.8. The molecule has 0 aliphatic heterocycles. The SMILES string of the molecule is Cc1nc2ccccc2c(C)c1C(=O)OCC(=O)c1c(N)n(CC(C)C)c(=O)n(C)c1=O. The quantitative estimate of drug-likeness (QED) is 0.461. The van der Waals surface area contributed by atoms with Gasteiger partial charge in [-0.15, -0.1) is 0 Å². The number of aromatic nitrogens is 3. The van der Waals surface area contributed by atoms with E-state index >= 15 is 0 Å². The first kappa shape index (κ1) is 22.9. The van der Waals surface area contributed by atoms with Crippen molar-refractivity contribution in [3.8, 4) is 0 Å². The minimum atomic E-state index is -0.826. The van der Waals surface area contributed by atoms with Crippen LogP contribution in [0.5, 0.6) is 0 Å². The number of hydrogen-bond acceptors (Lipinski definition) is 7. The number of rotatable bonds is 6. The predicted molar refractivity (Wildman–Crippen MR) is 121 cm³/mol. The van der Waals surface area contributed by atoms with Crippen molar-refractivity contribution in [3.63, 3.8) is 0 Å². The fraction of sp³-hybridized carbons (Fsp3) is 0.348. The van der Waals surface area contributed by atoms with Crippen LogP contribution in [-0.4, -0.2) is 32.5 Å². The zero-order chi connectivity index (χ0) is 23.7. The summed E-state index contributed by atoms with van der Waals surface area (Å²) in [6, 6.07) is 7.39. The predicted octanol–water partition coefficient (Wildman–Crippen LogP) is 1.99. The van der Waals surface area contributed by atoms with Crippen molar-refractivity contribution in [1.82, 2.24) is 14.1 Å². The molecule has 0 saturated heterocycles. The van der Waals surface area contributed by atoms with E-state index in [1.54, 1.807) is 13.8 Å². The Hall–Kier alpha value is -3.75. The van der Waals surface area contributed by atoms with E-state index < -0.39 is 29.6 Å². The number of aryl methyl sites for hydroxylation is 2. The van der Waals surface area contributed by atoms with Crippen molar-refractivity contribution in [1.29, 1.82) is 0 Å². The van der Waals surface area contributed by atoms with Gasteiger partial charge < -0.3 is 10.5 Å². The van der Waals surface area contributed by atoms with E-state index in [1.807, 2.05) is 38.1 Å². The van der Waals surface area contributed by atoms with Gasteiger partial charge in [0, 0.05) is 19.0 Å².